The van der Waals surface area contributed by atoms with Crippen LogP contribution in [0.4, 0.5) is 28.0 Å². The van der Waals surface area contributed by atoms with E-state index in [1.807, 2.05) is 0 Å². The van der Waals surface area contributed by atoms with Gasteiger partial charge in [0.05, 0.1) is 6.54 Å². The summed E-state index contributed by atoms with van der Waals surface area (Å²) >= 11 is 1.75. The molecule has 6 nitrogen and oxygen atoms in total. The molecular weight excluding hydrogens is 448 g/mol. The number of amides is 2. The number of carbonyl (C=O) groups is 1. The van der Waals surface area contributed by atoms with Gasteiger partial charge in [0.2, 0.25) is 12.1 Å². The first kappa shape index (κ1) is 22.3. The largest absolute Gasteiger partial charge is 0.445 e. The molecule has 0 bridgehead atoms. The summed E-state index contributed by atoms with van der Waals surface area (Å²) in [6.07, 6.45) is -4.37. The van der Waals surface area contributed by atoms with Crippen LogP contribution < -0.4 is 10.3 Å². The molecule has 2 aromatic carbocycles. The number of nitrogens with one attached hydrogen (secondary N) is 1. The monoisotopic (exact) mass is 468 g/mol. The van der Waals surface area contributed by atoms with Crippen LogP contribution >= 0.6 is 11.8 Å². The summed E-state index contributed by atoms with van der Waals surface area (Å²) in [6.45, 7) is 1.04. The molecule has 0 saturated carbocycles. The zero-order chi connectivity index (χ0) is 22.7. The number of carbonyl (C=O) groups excluding carboxylic acids is 1. The number of ether oxygens (including phenoxy) is 1. The van der Waals surface area contributed by atoms with E-state index in [9.17, 15) is 22.4 Å². The second kappa shape index (κ2) is 9.68. The van der Waals surface area contributed by atoms with Crippen LogP contribution in [0.25, 0.3) is 0 Å². The lowest BCUT2D eigenvalue weighted by atomic mass is 10.1. The van der Waals surface area contributed by atoms with Crippen LogP contribution in [0.3, 0.4) is 0 Å². The van der Waals surface area contributed by atoms with E-state index in [4.69, 9.17) is 4.74 Å². The molecule has 2 aliphatic heterocycles. The van der Waals surface area contributed by atoms with Gasteiger partial charge in [0.15, 0.2) is 0 Å². The van der Waals surface area contributed by atoms with Crippen molar-refractivity contribution in [2.75, 3.05) is 29.5 Å². The number of halogens is 4. The molecule has 1 fully saturated rings. The number of hydrogen-bond donors (Lipinski definition) is 1. The van der Waals surface area contributed by atoms with E-state index in [-0.39, 0.29) is 29.6 Å². The highest BCUT2D eigenvalue weighted by molar-refractivity contribution is 7.99. The van der Waals surface area contributed by atoms with Crippen molar-refractivity contribution in [3.05, 3.63) is 65.2 Å². The fourth-order valence-corrected chi connectivity index (χ4v) is 4.23. The van der Waals surface area contributed by atoms with E-state index < -0.39 is 24.3 Å². The predicted octanol–water partition coefficient (Wildman–Crippen LogP) is 4.01. The van der Waals surface area contributed by atoms with Gasteiger partial charge in [-0.2, -0.15) is 11.8 Å². The van der Waals surface area contributed by atoms with Crippen molar-refractivity contribution < 1.29 is 27.1 Å². The highest BCUT2D eigenvalue weighted by atomic mass is 32.2. The van der Waals surface area contributed by atoms with E-state index in [1.54, 1.807) is 16.7 Å². The molecule has 0 aromatic heterocycles. The SMILES string of the molecule is O=C(N1CCSCC1)N(Cc1ccc(C2=NNC(C(F)F)O2)cc1F)c1ccc(F)cc1. The minimum Gasteiger partial charge on any atom is -0.445 e. The van der Waals surface area contributed by atoms with Crippen molar-refractivity contribution in [1.82, 2.24) is 10.3 Å². The van der Waals surface area contributed by atoms with Crippen LogP contribution in [0.15, 0.2) is 47.6 Å². The minimum atomic E-state index is -2.79. The molecular formula is C21H20F4N4O2S. The topological polar surface area (TPSA) is 57.2 Å². The molecule has 32 heavy (non-hydrogen) atoms. The van der Waals surface area contributed by atoms with Gasteiger partial charge in [-0.15, -0.1) is 5.10 Å². The van der Waals surface area contributed by atoms with Crippen molar-refractivity contribution in [3.8, 4) is 0 Å². The van der Waals surface area contributed by atoms with Crippen LogP contribution in [-0.2, 0) is 11.3 Å². The fraction of sp³-hybridized carbons (Fsp3) is 0.333. The Morgan fingerprint density at radius 1 is 1.19 bits per heavy atom. The van der Waals surface area contributed by atoms with Crippen LogP contribution in [0.1, 0.15) is 11.1 Å². The second-order valence-electron chi connectivity index (χ2n) is 7.17. The van der Waals surface area contributed by atoms with Crippen molar-refractivity contribution >= 4 is 29.4 Å². The Morgan fingerprint density at radius 3 is 2.53 bits per heavy atom. The van der Waals surface area contributed by atoms with Crippen molar-refractivity contribution in [2.45, 2.75) is 19.2 Å². The molecule has 11 heteroatoms. The third kappa shape index (κ3) is 4.93. The maximum Gasteiger partial charge on any atom is 0.324 e. The average molecular weight is 468 g/mol. The number of rotatable bonds is 5. The number of nitrogens with zero attached hydrogens (tertiary/aromatic N) is 3. The van der Waals surface area contributed by atoms with E-state index in [1.165, 1.54) is 41.3 Å². The van der Waals surface area contributed by atoms with Crippen LogP contribution in [-0.4, -0.2) is 54.1 Å². The Balaban J connectivity index is 1.56. The molecule has 1 N–H and O–H groups in total. The molecule has 2 heterocycles. The summed E-state index contributed by atoms with van der Waals surface area (Å²) in [5.74, 6) is 0.379. The molecule has 2 aromatic rings. The Hall–Kier alpha value is -2.95. The van der Waals surface area contributed by atoms with Gasteiger partial charge in [0, 0.05) is 41.4 Å². The zero-order valence-corrected chi connectivity index (χ0v) is 17.6. The van der Waals surface area contributed by atoms with Gasteiger partial charge in [0.25, 0.3) is 6.43 Å². The maximum absolute atomic E-state index is 14.9. The first-order valence-corrected chi connectivity index (χ1v) is 11.0. The number of benzene rings is 2. The summed E-state index contributed by atoms with van der Waals surface area (Å²) in [5.41, 5.74) is 2.98. The number of alkyl halides is 2. The van der Waals surface area contributed by atoms with Crippen LogP contribution in [0, 0.1) is 11.6 Å². The normalized spacial score (nSPS) is 18.2. The minimum absolute atomic E-state index is 0.0918. The lowest BCUT2D eigenvalue weighted by molar-refractivity contribution is 0.000583. The van der Waals surface area contributed by atoms with Crippen LogP contribution in [0.2, 0.25) is 0 Å². The highest BCUT2D eigenvalue weighted by Crippen LogP contribution is 2.24. The van der Waals surface area contributed by atoms with E-state index in [2.05, 4.69) is 10.5 Å². The van der Waals surface area contributed by atoms with Crippen LogP contribution in [0.5, 0.6) is 0 Å². The number of hydrogen-bond acceptors (Lipinski definition) is 5. The summed E-state index contributed by atoms with van der Waals surface area (Å²) in [5, 5.41) is 3.67. The molecule has 0 radical (unpaired) electrons. The maximum atomic E-state index is 14.9. The lowest BCUT2D eigenvalue weighted by Crippen LogP contribution is -2.46. The highest BCUT2D eigenvalue weighted by Gasteiger charge is 2.30. The van der Waals surface area contributed by atoms with Gasteiger partial charge >= 0.3 is 6.03 Å². The molecule has 0 spiro atoms. The predicted molar refractivity (Wildman–Crippen MR) is 114 cm³/mol. The molecule has 2 aliphatic rings. The van der Waals surface area contributed by atoms with E-state index in [0.29, 0.717) is 18.8 Å². The van der Waals surface area contributed by atoms with Gasteiger partial charge in [-0.1, -0.05) is 6.07 Å². The molecule has 2 amide bonds. The number of hydrazone groups is 1. The van der Waals surface area contributed by atoms with Gasteiger partial charge in [0.1, 0.15) is 11.6 Å². The molecule has 0 aliphatic carbocycles. The van der Waals surface area contributed by atoms with E-state index >= 15 is 0 Å². The lowest BCUT2D eigenvalue weighted by Gasteiger charge is -2.33. The molecule has 1 unspecified atom stereocenters. The Bertz CT molecular complexity index is 1000. The Kier molecular flexibility index (Phi) is 6.73. The fourth-order valence-electron chi connectivity index (χ4n) is 3.33. The Morgan fingerprint density at radius 2 is 1.91 bits per heavy atom. The third-order valence-corrected chi connectivity index (χ3v) is 5.98. The van der Waals surface area contributed by atoms with E-state index in [0.717, 1.165) is 17.6 Å². The number of thioether (sulfide) groups is 1. The van der Waals surface area contributed by atoms with Crippen molar-refractivity contribution in [1.29, 1.82) is 0 Å². The number of urea groups is 1. The van der Waals surface area contributed by atoms with Gasteiger partial charge in [-0.3, -0.25) is 10.3 Å². The number of anilines is 1. The summed E-state index contributed by atoms with van der Waals surface area (Å²) in [6, 6.07) is 9.17. The van der Waals surface area contributed by atoms with Gasteiger partial charge in [-0.05, 0) is 36.4 Å². The Labute approximate surface area is 186 Å². The average Bonchev–Trinajstić information content (AvgIpc) is 3.30. The second-order valence-corrected chi connectivity index (χ2v) is 8.39. The summed E-state index contributed by atoms with van der Waals surface area (Å²) in [4.78, 5) is 16.3. The standard InChI is InChI=1S/C21H20F4N4O2S/c22-15-3-5-16(6-4-15)29(21(30)28-7-9-32-10-8-28)12-14-2-1-13(11-17(14)23)19-26-27-20(31-19)18(24)25/h1-6,11,18,20,27H,7-10,12H2. The molecule has 4 rings (SSSR count). The van der Waals surface area contributed by atoms with Gasteiger partial charge in [-0.25, -0.2) is 22.4 Å². The molecule has 170 valence electrons. The first-order chi connectivity index (χ1) is 15.4. The molecule has 1 saturated heterocycles. The smallest absolute Gasteiger partial charge is 0.324 e. The third-order valence-electron chi connectivity index (χ3n) is 5.04. The summed E-state index contributed by atoms with van der Waals surface area (Å²) in [7, 11) is 0. The quantitative estimate of drug-likeness (QED) is 0.674. The zero-order valence-electron chi connectivity index (χ0n) is 16.8. The summed E-state index contributed by atoms with van der Waals surface area (Å²) < 4.78 is 58.8. The van der Waals surface area contributed by atoms with Crippen molar-refractivity contribution in [2.24, 2.45) is 5.10 Å². The van der Waals surface area contributed by atoms with Crippen molar-refractivity contribution in [3.63, 3.8) is 0 Å². The molecule has 1 atom stereocenters. The van der Waals surface area contributed by atoms with Gasteiger partial charge < -0.3 is 9.64 Å². The first-order valence-electron chi connectivity index (χ1n) is 9.89.